The molecule has 20 nitrogen and oxygen atoms in total. The minimum atomic E-state index is -1.75. The lowest BCUT2D eigenvalue weighted by atomic mass is 9.88. The molecule has 11 atom stereocenters. The van der Waals surface area contributed by atoms with Gasteiger partial charge in [0.05, 0.1) is 5.92 Å². The Morgan fingerprint density at radius 3 is 2.03 bits per heavy atom. The van der Waals surface area contributed by atoms with Gasteiger partial charge in [-0.15, -0.1) is 0 Å². The highest BCUT2D eigenvalue weighted by atomic mass is 16.5. The van der Waals surface area contributed by atoms with E-state index in [9.17, 15) is 58.5 Å². The summed E-state index contributed by atoms with van der Waals surface area (Å²) in [6.07, 6.45) is -2.72. The number of benzene rings is 2. The second kappa shape index (κ2) is 27.5. The third-order valence-electron chi connectivity index (χ3n) is 13.7. The minimum Gasteiger partial charge on any atom is -0.508 e. The summed E-state index contributed by atoms with van der Waals surface area (Å²) in [7, 11) is 1.40. The number of aliphatic hydroxyl groups excluding tert-OH is 1. The van der Waals surface area contributed by atoms with Crippen molar-refractivity contribution in [3.63, 3.8) is 0 Å². The fourth-order valence-corrected chi connectivity index (χ4v) is 9.31. The van der Waals surface area contributed by atoms with E-state index in [-0.39, 0.29) is 56.1 Å². The van der Waals surface area contributed by atoms with E-state index in [1.165, 1.54) is 43.1 Å². The molecule has 2 aliphatic rings. The molecule has 0 spiro atoms. The number of nitrogens with zero attached hydrogens (tertiary/aromatic N) is 2. The fraction of sp³-hybridized carbons (Fsp3) is 0.604. The molecule has 2 aliphatic heterocycles. The fourth-order valence-electron chi connectivity index (χ4n) is 9.31. The van der Waals surface area contributed by atoms with Gasteiger partial charge in [0.2, 0.25) is 41.4 Å². The largest absolute Gasteiger partial charge is 0.508 e. The van der Waals surface area contributed by atoms with E-state index < -0.39 is 126 Å². The lowest BCUT2D eigenvalue weighted by Crippen LogP contribution is -2.66. The van der Waals surface area contributed by atoms with Crippen LogP contribution in [-0.2, 0) is 60.7 Å². The third-order valence-corrected chi connectivity index (χ3v) is 13.7. The number of carboxylic acids is 1. The van der Waals surface area contributed by atoms with E-state index in [4.69, 9.17) is 4.74 Å². The molecule has 2 aromatic carbocycles. The molecule has 2 saturated heterocycles. The summed E-state index contributed by atoms with van der Waals surface area (Å²) in [6, 6.07) is 5.23. The standard InChI is InChI=1S/C53H77N7O13/c1-10-15-41(62)54-38(26-29(3)4)36(52(70)71)22-24-42(63)57-45-32(8)73-53(72)44(31(7)11-2)58-48(66)40(28-33-16-13-12-14-17-33)59(9)51(69)46(30(5)6)60-43(64)25-23-37(50(60)68)55-47(65)39(56-49(45)67)27-34-18-20-35(61)21-19-34/h12-14,16-21,29-32,36-40,43-46,61,64H,10-11,15,22-28H2,1-9H3,(H,54,62)(H,55,65)(H,56,67)(H,57,63)(H,58,66)(H,70,71)/t31-,32+,36+,37-,38-,39-,40-,43+,44-,45-,46-/m0/s1. The maximum absolute atomic E-state index is 14.8. The first-order chi connectivity index (χ1) is 34.5. The van der Waals surface area contributed by atoms with Gasteiger partial charge in [0.25, 0.3) is 0 Å². The van der Waals surface area contributed by atoms with Crippen LogP contribution in [0.1, 0.15) is 118 Å². The zero-order valence-corrected chi connectivity index (χ0v) is 43.6. The number of likely N-dealkylation sites (N-methyl/N-ethyl adjacent to an activating group) is 1. The third kappa shape index (κ3) is 16.5. The number of nitrogens with one attached hydrogen (secondary N) is 5. The zero-order valence-electron chi connectivity index (χ0n) is 43.6. The number of amides is 7. The molecule has 402 valence electrons. The number of piperidine rings is 1. The molecular formula is C53H77N7O13. The predicted molar refractivity (Wildman–Crippen MR) is 269 cm³/mol. The molecule has 0 aliphatic carbocycles. The van der Waals surface area contributed by atoms with Crippen molar-refractivity contribution in [1.29, 1.82) is 0 Å². The van der Waals surface area contributed by atoms with Gasteiger partial charge in [0.15, 0.2) is 0 Å². The first-order valence-electron chi connectivity index (χ1n) is 25.5. The number of hydrogen-bond acceptors (Lipinski definition) is 12. The normalized spacial score (nSPS) is 25.0. The Morgan fingerprint density at radius 1 is 0.795 bits per heavy atom. The second-order valence-electron chi connectivity index (χ2n) is 20.2. The number of esters is 1. The van der Waals surface area contributed by atoms with E-state index in [1.54, 1.807) is 58.0 Å². The first-order valence-corrected chi connectivity index (χ1v) is 25.5. The molecule has 2 heterocycles. The highest BCUT2D eigenvalue weighted by Crippen LogP contribution is 2.27. The van der Waals surface area contributed by atoms with Gasteiger partial charge >= 0.3 is 11.9 Å². The van der Waals surface area contributed by atoms with Crippen molar-refractivity contribution in [2.24, 2.45) is 23.7 Å². The van der Waals surface area contributed by atoms with Crippen molar-refractivity contribution in [2.75, 3.05) is 7.05 Å². The van der Waals surface area contributed by atoms with Crippen molar-refractivity contribution < 1.29 is 63.2 Å². The van der Waals surface area contributed by atoms with Gasteiger partial charge in [-0.05, 0) is 80.0 Å². The van der Waals surface area contributed by atoms with Crippen molar-refractivity contribution >= 4 is 53.3 Å². The number of cyclic esters (lactones) is 1. The molecule has 0 radical (unpaired) electrons. The van der Waals surface area contributed by atoms with Gasteiger partial charge in [-0.1, -0.05) is 97.4 Å². The van der Waals surface area contributed by atoms with Crippen LogP contribution in [0.4, 0.5) is 0 Å². The lowest BCUT2D eigenvalue weighted by molar-refractivity contribution is -0.167. The summed E-state index contributed by atoms with van der Waals surface area (Å²) in [5.74, 6) is -10.1. The van der Waals surface area contributed by atoms with Crippen molar-refractivity contribution in [1.82, 2.24) is 36.4 Å². The van der Waals surface area contributed by atoms with Crippen LogP contribution in [0.2, 0.25) is 0 Å². The van der Waals surface area contributed by atoms with Crippen molar-refractivity contribution in [2.45, 2.75) is 174 Å². The molecule has 4 rings (SSSR count). The molecule has 73 heavy (non-hydrogen) atoms. The van der Waals surface area contributed by atoms with Crippen LogP contribution in [0.5, 0.6) is 5.75 Å². The number of hydrogen-bond donors (Lipinski definition) is 8. The van der Waals surface area contributed by atoms with Crippen LogP contribution in [0.25, 0.3) is 0 Å². The quantitative estimate of drug-likeness (QED) is 0.0999. The average Bonchev–Trinajstić information content (AvgIpc) is 3.33. The topological polar surface area (TPSA) is 290 Å². The number of phenols is 1. The van der Waals surface area contributed by atoms with E-state index in [1.807, 2.05) is 20.8 Å². The molecule has 0 unspecified atom stereocenters. The summed E-state index contributed by atoms with van der Waals surface area (Å²) >= 11 is 0. The van der Waals surface area contributed by atoms with E-state index >= 15 is 0 Å². The van der Waals surface area contributed by atoms with Crippen molar-refractivity contribution in [3.8, 4) is 5.75 Å². The summed E-state index contributed by atoms with van der Waals surface area (Å²) in [4.78, 5) is 129. The van der Waals surface area contributed by atoms with Crippen LogP contribution >= 0.6 is 0 Å². The number of ether oxygens (including phenoxy) is 1. The zero-order chi connectivity index (χ0) is 54.3. The second-order valence-corrected chi connectivity index (χ2v) is 20.2. The smallest absolute Gasteiger partial charge is 0.329 e. The van der Waals surface area contributed by atoms with E-state index in [0.717, 1.165) is 4.90 Å². The minimum absolute atomic E-state index is 0.0221. The maximum Gasteiger partial charge on any atom is 0.329 e. The van der Waals surface area contributed by atoms with Gasteiger partial charge < -0.3 is 56.4 Å². The van der Waals surface area contributed by atoms with Crippen LogP contribution in [0.3, 0.4) is 0 Å². The summed E-state index contributed by atoms with van der Waals surface area (Å²) in [5.41, 5.74) is 1.11. The molecule has 2 aromatic rings. The number of carbonyl (C=O) groups is 9. The number of aliphatic hydroxyl groups is 1. The Kier molecular flexibility index (Phi) is 22.2. The molecule has 8 N–H and O–H groups in total. The number of carboxylic acid groups (broad SMARTS) is 1. The Hall–Kier alpha value is -6.57. The maximum atomic E-state index is 14.8. The van der Waals surface area contributed by atoms with Crippen LogP contribution in [-0.4, -0.2) is 140 Å². The highest BCUT2D eigenvalue weighted by Gasteiger charge is 2.47. The Labute approximate surface area is 428 Å². The van der Waals surface area contributed by atoms with Crippen LogP contribution in [0, 0.1) is 23.7 Å². The molecular weight excluding hydrogens is 943 g/mol. The van der Waals surface area contributed by atoms with Gasteiger partial charge in [-0.3, -0.25) is 38.4 Å². The Balaban J connectivity index is 1.84. The number of aromatic hydroxyl groups is 1. The number of rotatable bonds is 18. The number of fused-ring (bicyclic) bond motifs is 2. The van der Waals surface area contributed by atoms with Gasteiger partial charge in [-0.25, -0.2) is 4.79 Å². The molecule has 2 fully saturated rings. The average molecular weight is 1020 g/mol. The molecule has 0 aromatic heterocycles. The lowest BCUT2D eigenvalue weighted by Gasteiger charge is -2.44. The Bertz CT molecular complexity index is 2240. The highest BCUT2D eigenvalue weighted by molar-refractivity contribution is 5.98. The van der Waals surface area contributed by atoms with Gasteiger partial charge in [0.1, 0.15) is 54.3 Å². The first kappa shape index (κ1) is 59.0. The number of carbonyl (C=O) groups excluding carboxylic acids is 8. The van der Waals surface area contributed by atoms with Crippen LogP contribution < -0.4 is 26.6 Å². The van der Waals surface area contributed by atoms with Crippen molar-refractivity contribution in [3.05, 3.63) is 65.7 Å². The summed E-state index contributed by atoms with van der Waals surface area (Å²) in [6.45, 7) is 13.7. The molecule has 2 bridgehead atoms. The predicted octanol–water partition coefficient (Wildman–Crippen LogP) is 2.71. The molecule has 20 heteroatoms. The summed E-state index contributed by atoms with van der Waals surface area (Å²) < 4.78 is 5.96. The SMILES string of the molecule is CCCC(=O)N[C@@H](CC(C)C)[C@@H](CCC(=O)N[C@@H]1C(=O)N[C@@H](Cc2ccc(O)cc2)C(=O)N[C@H]2CC[C@@H](O)N(C2=O)[C@@H](C(C)C)C(=O)N(C)[C@@H](Cc2ccccc2)C(=O)N[C@@H]([C@@H](C)CC)C(=O)O[C@@H]1C)C(=O)O. The van der Waals surface area contributed by atoms with Gasteiger partial charge in [0, 0.05) is 38.8 Å². The van der Waals surface area contributed by atoms with Crippen LogP contribution in [0.15, 0.2) is 54.6 Å². The monoisotopic (exact) mass is 1020 g/mol. The van der Waals surface area contributed by atoms with E-state index in [0.29, 0.717) is 30.4 Å². The number of aliphatic carboxylic acids is 1. The van der Waals surface area contributed by atoms with E-state index in [2.05, 4.69) is 26.6 Å². The summed E-state index contributed by atoms with van der Waals surface area (Å²) in [5, 5.41) is 45.4. The molecule has 0 saturated carbocycles. The number of phenolic OH excluding ortho intramolecular Hbond substituents is 1. The molecule has 7 amide bonds. The Morgan fingerprint density at radius 2 is 1.44 bits per heavy atom. The van der Waals surface area contributed by atoms with Gasteiger partial charge in [-0.2, -0.15) is 0 Å².